The molecule has 0 aliphatic carbocycles. The molecule has 0 N–H and O–H groups in total. The summed E-state index contributed by atoms with van der Waals surface area (Å²) in [7, 11) is 3.82. The zero-order valence-electron chi connectivity index (χ0n) is 12.1. The van der Waals surface area contributed by atoms with Crippen LogP contribution in [0.25, 0.3) is 32.4 Å². The van der Waals surface area contributed by atoms with Crippen molar-refractivity contribution in [2.75, 3.05) is 7.11 Å². The van der Waals surface area contributed by atoms with Gasteiger partial charge in [0.15, 0.2) is 6.20 Å². The van der Waals surface area contributed by atoms with Gasteiger partial charge in [-0.05, 0) is 23.6 Å². The van der Waals surface area contributed by atoms with Crippen LogP contribution in [0.5, 0.6) is 5.75 Å². The molecule has 2 nitrogen and oxygen atoms in total. The molecule has 0 unspecified atom stereocenters. The lowest BCUT2D eigenvalue weighted by molar-refractivity contribution is -0.642. The van der Waals surface area contributed by atoms with E-state index in [1.165, 1.54) is 27.1 Å². The molecule has 0 saturated heterocycles. The molecule has 0 aliphatic heterocycles. The van der Waals surface area contributed by atoms with Crippen LogP contribution >= 0.6 is 0 Å². The van der Waals surface area contributed by atoms with Crippen molar-refractivity contribution in [3.8, 4) is 5.75 Å². The minimum absolute atomic E-state index is 0.915. The number of methoxy groups -OCH3 is 1. The average Bonchev–Trinajstić information content (AvgIpc) is 2.54. The summed E-state index contributed by atoms with van der Waals surface area (Å²) in [5.74, 6) is 0.915. The molecule has 0 bridgehead atoms. The zero-order valence-corrected chi connectivity index (χ0v) is 12.1. The highest BCUT2D eigenvalue weighted by molar-refractivity contribution is 6.14. The number of aromatic nitrogens is 1. The van der Waals surface area contributed by atoms with Crippen molar-refractivity contribution in [3.05, 3.63) is 60.8 Å². The third-order valence-corrected chi connectivity index (χ3v) is 4.15. The maximum absolute atomic E-state index is 5.51. The number of ether oxygens (including phenoxy) is 1. The largest absolute Gasteiger partial charge is 0.496 e. The highest BCUT2D eigenvalue weighted by Crippen LogP contribution is 2.32. The second kappa shape index (κ2) is 4.45. The van der Waals surface area contributed by atoms with E-state index in [2.05, 4.69) is 66.3 Å². The second-order valence-corrected chi connectivity index (χ2v) is 5.34. The predicted molar refractivity (Wildman–Crippen MR) is 86.7 cm³/mol. The van der Waals surface area contributed by atoms with Crippen LogP contribution in [-0.2, 0) is 7.05 Å². The van der Waals surface area contributed by atoms with Crippen LogP contribution in [0.15, 0.2) is 60.8 Å². The summed E-state index contributed by atoms with van der Waals surface area (Å²) < 4.78 is 7.70. The number of rotatable bonds is 1. The van der Waals surface area contributed by atoms with E-state index in [9.17, 15) is 0 Å². The molecule has 0 fully saturated rings. The first-order chi connectivity index (χ1) is 10.3. The number of hydrogen-bond donors (Lipinski definition) is 0. The van der Waals surface area contributed by atoms with Gasteiger partial charge in [0.2, 0.25) is 5.52 Å². The first-order valence-electron chi connectivity index (χ1n) is 7.06. The number of nitrogens with zero attached hydrogens (tertiary/aromatic N) is 1. The third kappa shape index (κ3) is 1.69. The first-order valence-corrected chi connectivity index (χ1v) is 7.06. The Hall–Kier alpha value is -2.61. The Kier molecular flexibility index (Phi) is 2.58. The van der Waals surface area contributed by atoms with Gasteiger partial charge < -0.3 is 4.74 Å². The van der Waals surface area contributed by atoms with Crippen molar-refractivity contribution in [1.82, 2.24) is 0 Å². The molecule has 4 aromatic rings. The number of benzene rings is 3. The van der Waals surface area contributed by atoms with E-state index in [4.69, 9.17) is 4.74 Å². The van der Waals surface area contributed by atoms with E-state index in [0.29, 0.717) is 0 Å². The van der Waals surface area contributed by atoms with Crippen LogP contribution in [0.4, 0.5) is 0 Å². The molecule has 0 atom stereocenters. The van der Waals surface area contributed by atoms with Crippen molar-refractivity contribution in [1.29, 1.82) is 0 Å². The highest BCUT2D eigenvalue weighted by Gasteiger charge is 2.15. The van der Waals surface area contributed by atoms with Crippen molar-refractivity contribution >= 4 is 32.4 Å². The van der Waals surface area contributed by atoms with Gasteiger partial charge >= 0.3 is 0 Å². The Balaban J connectivity index is 2.29. The fourth-order valence-electron chi connectivity index (χ4n) is 3.20. The summed E-state index contributed by atoms with van der Waals surface area (Å²) in [6.07, 6.45) is 2.16. The van der Waals surface area contributed by atoms with Gasteiger partial charge in [0.25, 0.3) is 0 Å². The fraction of sp³-hybridized carbons (Fsp3) is 0.105. The van der Waals surface area contributed by atoms with Gasteiger partial charge in [-0.15, -0.1) is 0 Å². The van der Waals surface area contributed by atoms with Crippen LogP contribution < -0.4 is 9.30 Å². The monoisotopic (exact) mass is 274 g/mol. The number of pyridine rings is 1. The fourth-order valence-corrected chi connectivity index (χ4v) is 3.20. The van der Waals surface area contributed by atoms with Gasteiger partial charge in [-0.25, -0.2) is 0 Å². The lowest BCUT2D eigenvalue weighted by Crippen LogP contribution is -2.28. The maximum atomic E-state index is 5.51. The zero-order chi connectivity index (χ0) is 14.4. The smallest absolute Gasteiger partial charge is 0.220 e. The number of hydrogen-bond acceptors (Lipinski definition) is 1. The lowest BCUT2D eigenvalue weighted by Gasteiger charge is -2.08. The van der Waals surface area contributed by atoms with E-state index < -0.39 is 0 Å². The molecule has 4 rings (SSSR count). The normalized spacial score (nSPS) is 11.3. The van der Waals surface area contributed by atoms with Crippen molar-refractivity contribution in [2.24, 2.45) is 7.05 Å². The third-order valence-electron chi connectivity index (χ3n) is 4.15. The topological polar surface area (TPSA) is 13.1 Å². The van der Waals surface area contributed by atoms with Crippen LogP contribution in [-0.4, -0.2) is 7.11 Å². The molecule has 1 heterocycles. The molecule has 21 heavy (non-hydrogen) atoms. The molecule has 1 aromatic heterocycles. The Morgan fingerprint density at radius 2 is 1.57 bits per heavy atom. The molecule has 102 valence electrons. The quantitative estimate of drug-likeness (QED) is 0.378. The van der Waals surface area contributed by atoms with Crippen LogP contribution in [0.1, 0.15) is 0 Å². The summed E-state index contributed by atoms with van der Waals surface area (Å²) >= 11 is 0. The van der Waals surface area contributed by atoms with Gasteiger partial charge in [0, 0.05) is 5.39 Å². The van der Waals surface area contributed by atoms with Gasteiger partial charge in [-0.1, -0.05) is 36.4 Å². The summed E-state index contributed by atoms with van der Waals surface area (Å²) in [4.78, 5) is 0. The second-order valence-electron chi connectivity index (χ2n) is 5.34. The average molecular weight is 274 g/mol. The van der Waals surface area contributed by atoms with Crippen LogP contribution in [0.3, 0.4) is 0 Å². The molecule has 0 amide bonds. The Bertz CT molecular complexity index is 989. The minimum atomic E-state index is 0.915. The van der Waals surface area contributed by atoms with Gasteiger partial charge in [0.1, 0.15) is 12.8 Å². The van der Waals surface area contributed by atoms with Crippen molar-refractivity contribution < 1.29 is 9.30 Å². The summed E-state index contributed by atoms with van der Waals surface area (Å²) in [5.41, 5.74) is 1.26. The van der Waals surface area contributed by atoms with Gasteiger partial charge in [-0.2, -0.15) is 4.57 Å². The summed E-state index contributed by atoms with van der Waals surface area (Å²) in [6.45, 7) is 0. The van der Waals surface area contributed by atoms with Gasteiger partial charge in [-0.3, -0.25) is 0 Å². The SMILES string of the molecule is COc1cccc2c1c[n+](C)c1c3ccccc3ccc21. The molecular weight excluding hydrogens is 258 g/mol. The molecule has 3 aromatic carbocycles. The van der Waals surface area contributed by atoms with Crippen molar-refractivity contribution in [2.45, 2.75) is 0 Å². The molecule has 0 spiro atoms. The Morgan fingerprint density at radius 1 is 0.762 bits per heavy atom. The Labute approximate surface area is 123 Å². The Morgan fingerprint density at radius 3 is 2.43 bits per heavy atom. The summed E-state index contributed by atoms with van der Waals surface area (Å²) in [6, 6.07) is 19.1. The number of aryl methyl sites for hydroxylation is 1. The summed E-state index contributed by atoms with van der Waals surface area (Å²) in [5, 5.41) is 6.18. The van der Waals surface area contributed by atoms with E-state index in [0.717, 1.165) is 11.1 Å². The van der Waals surface area contributed by atoms with E-state index in [1.54, 1.807) is 7.11 Å². The van der Waals surface area contributed by atoms with Crippen LogP contribution in [0, 0.1) is 0 Å². The van der Waals surface area contributed by atoms with Crippen molar-refractivity contribution in [3.63, 3.8) is 0 Å². The predicted octanol–water partition coefficient (Wildman–Crippen LogP) is 3.98. The lowest BCUT2D eigenvalue weighted by atomic mass is 10.0. The van der Waals surface area contributed by atoms with Crippen LogP contribution in [0.2, 0.25) is 0 Å². The molecule has 0 saturated carbocycles. The molecular formula is C19H16NO+. The minimum Gasteiger partial charge on any atom is -0.496 e. The standard InChI is InChI=1S/C19H16NO/c1-20-12-17-15(8-5-9-18(17)21-2)16-11-10-13-6-3-4-7-14(13)19(16)20/h3-12H,1-2H3/q+1. The number of fused-ring (bicyclic) bond motifs is 5. The van der Waals surface area contributed by atoms with E-state index in [-0.39, 0.29) is 0 Å². The highest BCUT2D eigenvalue weighted by atomic mass is 16.5. The van der Waals surface area contributed by atoms with E-state index >= 15 is 0 Å². The molecule has 2 heteroatoms. The van der Waals surface area contributed by atoms with Gasteiger partial charge in [0.05, 0.1) is 23.3 Å². The molecule has 0 radical (unpaired) electrons. The van der Waals surface area contributed by atoms with E-state index in [1.807, 2.05) is 6.07 Å². The molecule has 0 aliphatic rings. The first kappa shape index (κ1) is 12.2. The maximum Gasteiger partial charge on any atom is 0.220 e.